The minimum atomic E-state index is -0.952. The molecule has 0 unspecified atom stereocenters. The topological polar surface area (TPSA) is 55.8 Å². The monoisotopic (exact) mass is 339 g/mol. The molecule has 1 heterocycles. The van der Waals surface area contributed by atoms with E-state index in [1.165, 1.54) is 0 Å². The van der Waals surface area contributed by atoms with Crippen LogP contribution < -0.4 is 0 Å². The van der Waals surface area contributed by atoms with Crippen LogP contribution >= 0.6 is 0 Å². The number of carbonyl (C=O) groups is 2. The SMILES string of the molecule is Cc1cccc(C(=O)O[C@@H](C(=O)N2CCOCC2)c2ccccc2)c1. The first-order valence-corrected chi connectivity index (χ1v) is 8.34. The molecule has 1 fully saturated rings. The number of ether oxygens (including phenoxy) is 2. The fraction of sp³-hybridized carbons (Fsp3) is 0.300. The molecule has 1 aliphatic heterocycles. The van der Waals surface area contributed by atoms with Crippen LogP contribution in [0.5, 0.6) is 0 Å². The normalized spacial score (nSPS) is 15.5. The predicted molar refractivity (Wildman–Crippen MR) is 93.2 cm³/mol. The third-order valence-electron chi connectivity index (χ3n) is 4.13. The van der Waals surface area contributed by atoms with Crippen molar-refractivity contribution in [2.45, 2.75) is 13.0 Å². The van der Waals surface area contributed by atoms with Crippen LogP contribution in [0.1, 0.15) is 27.6 Å². The molecule has 0 aliphatic carbocycles. The van der Waals surface area contributed by atoms with Gasteiger partial charge in [0.05, 0.1) is 18.8 Å². The van der Waals surface area contributed by atoms with Gasteiger partial charge in [0.1, 0.15) is 0 Å². The number of esters is 1. The number of aryl methyl sites for hydroxylation is 1. The molecule has 0 N–H and O–H groups in total. The highest BCUT2D eigenvalue weighted by molar-refractivity contribution is 5.92. The van der Waals surface area contributed by atoms with E-state index in [1.54, 1.807) is 35.2 Å². The molecule has 0 saturated carbocycles. The van der Waals surface area contributed by atoms with Crippen molar-refractivity contribution >= 4 is 11.9 Å². The molecule has 0 bridgehead atoms. The lowest BCUT2D eigenvalue weighted by atomic mass is 10.1. The molecule has 1 saturated heterocycles. The van der Waals surface area contributed by atoms with E-state index in [2.05, 4.69) is 0 Å². The molecule has 25 heavy (non-hydrogen) atoms. The quantitative estimate of drug-likeness (QED) is 0.804. The first-order chi connectivity index (χ1) is 12.1. The van der Waals surface area contributed by atoms with E-state index in [-0.39, 0.29) is 5.91 Å². The van der Waals surface area contributed by atoms with Crippen molar-refractivity contribution in [3.8, 4) is 0 Å². The fourth-order valence-electron chi connectivity index (χ4n) is 2.79. The first kappa shape index (κ1) is 17.2. The molecule has 2 aromatic rings. The van der Waals surface area contributed by atoms with Crippen LogP contribution in [0.25, 0.3) is 0 Å². The Morgan fingerprint density at radius 1 is 1.04 bits per heavy atom. The van der Waals surface area contributed by atoms with Crippen LogP contribution in [-0.2, 0) is 14.3 Å². The largest absolute Gasteiger partial charge is 0.444 e. The van der Waals surface area contributed by atoms with E-state index in [9.17, 15) is 9.59 Å². The number of morpholine rings is 1. The molecule has 1 aliphatic rings. The number of hydrogen-bond acceptors (Lipinski definition) is 4. The average molecular weight is 339 g/mol. The minimum absolute atomic E-state index is 0.212. The van der Waals surface area contributed by atoms with Crippen molar-refractivity contribution in [1.82, 2.24) is 4.90 Å². The maximum atomic E-state index is 12.9. The number of amides is 1. The van der Waals surface area contributed by atoms with Crippen LogP contribution in [0.4, 0.5) is 0 Å². The van der Waals surface area contributed by atoms with E-state index < -0.39 is 12.1 Å². The molecule has 1 atom stereocenters. The van der Waals surface area contributed by atoms with E-state index >= 15 is 0 Å². The Labute approximate surface area is 147 Å². The van der Waals surface area contributed by atoms with Gasteiger partial charge in [0, 0.05) is 18.7 Å². The highest BCUT2D eigenvalue weighted by Gasteiger charge is 2.30. The van der Waals surface area contributed by atoms with Crippen molar-refractivity contribution in [2.75, 3.05) is 26.3 Å². The number of carbonyl (C=O) groups excluding carboxylic acids is 2. The second-order valence-corrected chi connectivity index (χ2v) is 6.00. The Morgan fingerprint density at radius 3 is 2.44 bits per heavy atom. The van der Waals surface area contributed by atoms with E-state index in [0.29, 0.717) is 37.4 Å². The Hall–Kier alpha value is -2.66. The van der Waals surface area contributed by atoms with Gasteiger partial charge < -0.3 is 14.4 Å². The van der Waals surface area contributed by atoms with Crippen molar-refractivity contribution in [2.24, 2.45) is 0 Å². The maximum Gasteiger partial charge on any atom is 0.339 e. The van der Waals surface area contributed by atoms with Crippen LogP contribution in [0.15, 0.2) is 54.6 Å². The maximum absolute atomic E-state index is 12.9. The summed E-state index contributed by atoms with van der Waals surface area (Å²) in [6.45, 7) is 3.91. The third-order valence-corrected chi connectivity index (χ3v) is 4.13. The van der Waals surface area contributed by atoms with Gasteiger partial charge in [-0.15, -0.1) is 0 Å². The predicted octanol–water partition coefficient (Wildman–Crippen LogP) is 2.75. The van der Waals surface area contributed by atoms with Gasteiger partial charge in [0.25, 0.3) is 5.91 Å². The molecule has 2 aromatic carbocycles. The summed E-state index contributed by atoms with van der Waals surface area (Å²) >= 11 is 0. The van der Waals surface area contributed by atoms with Crippen molar-refractivity contribution in [3.05, 3.63) is 71.3 Å². The zero-order valence-corrected chi connectivity index (χ0v) is 14.2. The number of nitrogens with zero attached hydrogens (tertiary/aromatic N) is 1. The Kier molecular flexibility index (Phi) is 5.46. The molecule has 0 spiro atoms. The average Bonchev–Trinajstić information content (AvgIpc) is 2.67. The zero-order valence-electron chi connectivity index (χ0n) is 14.2. The molecule has 130 valence electrons. The zero-order chi connectivity index (χ0) is 17.6. The summed E-state index contributed by atoms with van der Waals surface area (Å²) in [6.07, 6.45) is -0.952. The fourth-order valence-corrected chi connectivity index (χ4v) is 2.79. The third kappa shape index (κ3) is 4.25. The van der Waals surface area contributed by atoms with Gasteiger partial charge in [-0.2, -0.15) is 0 Å². The van der Waals surface area contributed by atoms with Gasteiger partial charge >= 0.3 is 5.97 Å². The molecular formula is C20H21NO4. The summed E-state index contributed by atoms with van der Waals surface area (Å²) in [5.41, 5.74) is 2.07. The van der Waals surface area contributed by atoms with E-state index in [1.807, 2.05) is 31.2 Å². The van der Waals surface area contributed by atoms with Crippen molar-refractivity contribution < 1.29 is 19.1 Å². The van der Waals surface area contributed by atoms with Crippen LogP contribution in [0.2, 0.25) is 0 Å². The molecule has 1 amide bonds. The second kappa shape index (κ2) is 7.94. The Morgan fingerprint density at radius 2 is 1.76 bits per heavy atom. The molecule has 0 aromatic heterocycles. The number of benzene rings is 2. The van der Waals surface area contributed by atoms with Crippen molar-refractivity contribution in [3.63, 3.8) is 0 Å². The van der Waals surface area contributed by atoms with Crippen LogP contribution in [0.3, 0.4) is 0 Å². The number of hydrogen-bond donors (Lipinski definition) is 0. The lowest BCUT2D eigenvalue weighted by Crippen LogP contribution is -2.44. The summed E-state index contributed by atoms with van der Waals surface area (Å²) in [6, 6.07) is 16.3. The highest BCUT2D eigenvalue weighted by Crippen LogP contribution is 2.23. The highest BCUT2D eigenvalue weighted by atomic mass is 16.5. The summed E-state index contributed by atoms with van der Waals surface area (Å²) in [4.78, 5) is 27.2. The van der Waals surface area contributed by atoms with Gasteiger partial charge in [-0.25, -0.2) is 4.79 Å². The van der Waals surface area contributed by atoms with Crippen molar-refractivity contribution in [1.29, 1.82) is 0 Å². The summed E-state index contributed by atoms with van der Waals surface area (Å²) in [5.74, 6) is -0.713. The lowest BCUT2D eigenvalue weighted by Gasteiger charge is -2.30. The smallest absolute Gasteiger partial charge is 0.339 e. The van der Waals surface area contributed by atoms with Gasteiger partial charge in [0.15, 0.2) is 0 Å². The molecular weight excluding hydrogens is 318 g/mol. The Balaban J connectivity index is 1.83. The van der Waals surface area contributed by atoms with E-state index in [4.69, 9.17) is 9.47 Å². The summed E-state index contributed by atoms with van der Waals surface area (Å²) < 4.78 is 10.9. The van der Waals surface area contributed by atoms with Crippen LogP contribution in [0, 0.1) is 6.92 Å². The van der Waals surface area contributed by atoms with Crippen LogP contribution in [-0.4, -0.2) is 43.1 Å². The summed E-state index contributed by atoms with van der Waals surface area (Å²) in [7, 11) is 0. The molecule has 0 radical (unpaired) electrons. The summed E-state index contributed by atoms with van der Waals surface area (Å²) in [5, 5.41) is 0. The number of rotatable bonds is 4. The van der Waals surface area contributed by atoms with Gasteiger partial charge in [-0.05, 0) is 19.1 Å². The van der Waals surface area contributed by atoms with Gasteiger partial charge in [0.2, 0.25) is 6.10 Å². The lowest BCUT2D eigenvalue weighted by molar-refractivity contribution is -0.145. The first-order valence-electron chi connectivity index (χ1n) is 8.34. The standard InChI is InChI=1S/C20H21NO4/c1-15-6-5-9-17(14-15)20(23)25-18(16-7-3-2-4-8-16)19(22)21-10-12-24-13-11-21/h2-9,14,18H,10-13H2,1H3/t18-/m1/s1. The Bertz CT molecular complexity index is 738. The molecule has 5 nitrogen and oxygen atoms in total. The molecule has 3 rings (SSSR count). The van der Waals surface area contributed by atoms with Gasteiger partial charge in [-0.3, -0.25) is 4.79 Å². The van der Waals surface area contributed by atoms with Gasteiger partial charge in [-0.1, -0.05) is 48.0 Å². The second-order valence-electron chi connectivity index (χ2n) is 6.00. The van der Waals surface area contributed by atoms with E-state index in [0.717, 1.165) is 5.56 Å². The molecule has 5 heteroatoms. The minimum Gasteiger partial charge on any atom is -0.444 e.